The van der Waals surface area contributed by atoms with Crippen LogP contribution in [-0.2, 0) is 0 Å². The van der Waals surface area contributed by atoms with Gasteiger partial charge in [0.2, 0.25) is 0 Å². The number of rotatable bonds is 2. The number of hydrogen-bond donors (Lipinski definition) is 1. The van der Waals surface area contributed by atoms with Crippen LogP contribution in [0.4, 0.5) is 4.39 Å². The largest absolute Gasteiger partial charge is 0.317 e. The molecule has 1 aromatic rings. The summed E-state index contributed by atoms with van der Waals surface area (Å²) in [5.74, 6) is -0.107. The summed E-state index contributed by atoms with van der Waals surface area (Å²) in [6.45, 7) is 4.04. The van der Waals surface area contributed by atoms with Gasteiger partial charge in [0, 0.05) is 10.1 Å². The molecule has 82 valence electrons. The van der Waals surface area contributed by atoms with Gasteiger partial charge in [-0.3, -0.25) is 0 Å². The molecule has 0 saturated carbocycles. The Labute approximate surface area is 94.5 Å². The molecule has 1 nitrogen and oxygen atoms in total. The van der Waals surface area contributed by atoms with Crippen molar-refractivity contribution in [3.8, 4) is 0 Å². The SMILES string of the molecule is Cc1cc(SC2CCNCC2)ccc1F. The lowest BCUT2D eigenvalue weighted by atomic mass is 10.2. The highest BCUT2D eigenvalue weighted by atomic mass is 32.2. The number of aryl methyl sites for hydroxylation is 1. The standard InChI is InChI=1S/C12H16FNS/c1-9-8-11(2-3-12(9)13)15-10-4-6-14-7-5-10/h2-3,8,10,14H,4-7H2,1H3. The lowest BCUT2D eigenvalue weighted by molar-refractivity contribution is 0.531. The van der Waals surface area contributed by atoms with E-state index in [4.69, 9.17) is 0 Å². The first-order valence-corrected chi connectivity index (χ1v) is 6.27. The third-order valence-corrected chi connectivity index (χ3v) is 4.05. The fraction of sp³-hybridized carbons (Fsp3) is 0.500. The van der Waals surface area contributed by atoms with Gasteiger partial charge in [0.15, 0.2) is 0 Å². The summed E-state index contributed by atoms with van der Waals surface area (Å²) in [7, 11) is 0. The summed E-state index contributed by atoms with van der Waals surface area (Å²) in [6, 6.07) is 5.40. The molecule has 3 heteroatoms. The fourth-order valence-corrected chi connectivity index (χ4v) is 3.04. The predicted octanol–water partition coefficient (Wildman–Crippen LogP) is 2.98. The molecule has 1 fully saturated rings. The Bertz CT molecular complexity index is 334. The molecule has 0 radical (unpaired) electrons. The van der Waals surface area contributed by atoms with Gasteiger partial charge in [-0.1, -0.05) is 0 Å². The van der Waals surface area contributed by atoms with Gasteiger partial charge < -0.3 is 5.32 Å². The van der Waals surface area contributed by atoms with E-state index in [9.17, 15) is 4.39 Å². The van der Waals surface area contributed by atoms with Crippen LogP contribution in [0.5, 0.6) is 0 Å². The summed E-state index contributed by atoms with van der Waals surface area (Å²) in [6.07, 6.45) is 2.42. The molecule has 1 aromatic carbocycles. The van der Waals surface area contributed by atoms with E-state index < -0.39 is 0 Å². The van der Waals surface area contributed by atoms with Crippen LogP contribution in [0.3, 0.4) is 0 Å². The van der Waals surface area contributed by atoms with Crippen molar-refractivity contribution in [2.75, 3.05) is 13.1 Å². The van der Waals surface area contributed by atoms with E-state index in [1.807, 2.05) is 30.8 Å². The molecule has 1 heterocycles. The van der Waals surface area contributed by atoms with Gasteiger partial charge in [-0.2, -0.15) is 0 Å². The van der Waals surface area contributed by atoms with Crippen LogP contribution in [0.2, 0.25) is 0 Å². The molecule has 0 aliphatic carbocycles. The van der Waals surface area contributed by atoms with Gasteiger partial charge >= 0.3 is 0 Å². The van der Waals surface area contributed by atoms with Crippen LogP contribution >= 0.6 is 11.8 Å². The average molecular weight is 225 g/mol. The second-order valence-corrected chi connectivity index (χ2v) is 5.35. The van der Waals surface area contributed by atoms with E-state index in [-0.39, 0.29) is 5.82 Å². The first kappa shape index (κ1) is 11.0. The van der Waals surface area contributed by atoms with Crippen LogP contribution in [0.1, 0.15) is 18.4 Å². The topological polar surface area (TPSA) is 12.0 Å². The minimum absolute atomic E-state index is 0.107. The van der Waals surface area contributed by atoms with E-state index in [2.05, 4.69) is 5.32 Å². The lowest BCUT2D eigenvalue weighted by Crippen LogP contribution is -2.29. The summed E-state index contributed by atoms with van der Waals surface area (Å²) in [5, 5.41) is 4.04. The van der Waals surface area contributed by atoms with Gasteiger partial charge in [0.1, 0.15) is 5.82 Å². The van der Waals surface area contributed by atoms with E-state index in [1.54, 1.807) is 6.07 Å². The molecular formula is C12H16FNS. The third-order valence-electron chi connectivity index (χ3n) is 2.72. The smallest absolute Gasteiger partial charge is 0.126 e. The predicted molar refractivity (Wildman–Crippen MR) is 62.9 cm³/mol. The van der Waals surface area contributed by atoms with E-state index >= 15 is 0 Å². The maximum absolute atomic E-state index is 13.1. The Morgan fingerprint density at radius 1 is 1.33 bits per heavy atom. The number of hydrogen-bond acceptors (Lipinski definition) is 2. The van der Waals surface area contributed by atoms with Crippen LogP contribution in [0.25, 0.3) is 0 Å². The van der Waals surface area contributed by atoms with E-state index in [0.29, 0.717) is 5.25 Å². The van der Waals surface area contributed by atoms with Crippen molar-refractivity contribution in [1.29, 1.82) is 0 Å². The maximum atomic E-state index is 13.1. The van der Waals surface area contributed by atoms with Gasteiger partial charge in [0.05, 0.1) is 0 Å². The van der Waals surface area contributed by atoms with Gasteiger partial charge in [0.25, 0.3) is 0 Å². The van der Waals surface area contributed by atoms with Gasteiger partial charge in [-0.25, -0.2) is 4.39 Å². The Morgan fingerprint density at radius 2 is 2.07 bits per heavy atom. The van der Waals surface area contributed by atoms with E-state index in [0.717, 1.165) is 18.7 Å². The molecule has 1 N–H and O–H groups in total. The number of benzene rings is 1. The molecule has 0 aromatic heterocycles. The molecular weight excluding hydrogens is 209 g/mol. The van der Waals surface area contributed by atoms with Crippen molar-refractivity contribution in [2.45, 2.75) is 29.9 Å². The Morgan fingerprint density at radius 3 is 2.73 bits per heavy atom. The van der Waals surface area contributed by atoms with Crippen molar-refractivity contribution >= 4 is 11.8 Å². The molecule has 0 bridgehead atoms. The molecule has 0 spiro atoms. The quantitative estimate of drug-likeness (QED) is 0.830. The minimum Gasteiger partial charge on any atom is -0.317 e. The van der Waals surface area contributed by atoms with Crippen molar-refractivity contribution in [1.82, 2.24) is 5.32 Å². The Kier molecular flexibility index (Phi) is 3.65. The highest BCUT2D eigenvalue weighted by Crippen LogP contribution is 2.29. The summed E-state index contributed by atoms with van der Waals surface area (Å²) < 4.78 is 13.1. The van der Waals surface area contributed by atoms with Crippen LogP contribution < -0.4 is 5.32 Å². The molecule has 2 rings (SSSR count). The Hall–Kier alpha value is -0.540. The minimum atomic E-state index is -0.107. The molecule has 1 saturated heterocycles. The number of piperidine rings is 1. The summed E-state index contributed by atoms with van der Waals surface area (Å²) in [5.41, 5.74) is 0.744. The molecule has 15 heavy (non-hydrogen) atoms. The highest BCUT2D eigenvalue weighted by molar-refractivity contribution is 8.00. The first-order chi connectivity index (χ1) is 7.25. The first-order valence-electron chi connectivity index (χ1n) is 5.39. The van der Waals surface area contributed by atoms with Gasteiger partial charge in [-0.05, 0) is 56.6 Å². The monoisotopic (exact) mass is 225 g/mol. The van der Waals surface area contributed by atoms with Crippen LogP contribution in [0.15, 0.2) is 23.1 Å². The normalized spacial score (nSPS) is 18.0. The second-order valence-electron chi connectivity index (χ2n) is 3.98. The van der Waals surface area contributed by atoms with Crippen molar-refractivity contribution in [3.63, 3.8) is 0 Å². The number of nitrogens with one attached hydrogen (secondary N) is 1. The molecule has 1 aliphatic heterocycles. The van der Waals surface area contributed by atoms with E-state index in [1.165, 1.54) is 17.7 Å². The second kappa shape index (κ2) is 4.99. The van der Waals surface area contributed by atoms with Gasteiger partial charge in [-0.15, -0.1) is 11.8 Å². The molecule has 1 aliphatic rings. The third kappa shape index (κ3) is 2.95. The van der Waals surface area contributed by atoms with Crippen molar-refractivity contribution in [2.24, 2.45) is 0 Å². The highest BCUT2D eigenvalue weighted by Gasteiger charge is 2.14. The summed E-state index contributed by atoms with van der Waals surface area (Å²) in [4.78, 5) is 1.20. The molecule has 0 amide bonds. The zero-order valence-electron chi connectivity index (χ0n) is 8.92. The maximum Gasteiger partial charge on any atom is 0.126 e. The Balaban J connectivity index is 2.00. The fourth-order valence-electron chi connectivity index (χ4n) is 1.80. The van der Waals surface area contributed by atoms with Crippen molar-refractivity contribution < 1.29 is 4.39 Å². The van der Waals surface area contributed by atoms with Crippen molar-refractivity contribution in [3.05, 3.63) is 29.6 Å². The number of halogens is 1. The average Bonchev–Trinajstić information content (AvgIpc) is 2.25. The zero-order valence-corrected chi connectivity index (χ0v) is 9.74. The summed E-state index contributed by atoms with van der Waals surface area (Å²) >= 11 is 1.88. The number of thioether (sulfide) groups is 1. The molecule has 0 atom stereocenters. The van der Waals surface area contributed by atoms with Crippen LogP contribution in [-0.4, -0.2) is 18.3 Å². The molecule has 0 unspecified atom stereocenters. The van der Waals surface area contributed by atoms with Crippen LogP contribution in [0, 0.1) is 12.7 Å². The zero-order chi connectivity index (χ0) is 10.7. The lowest BCUT2D eigenvalue weighted by Gasteiger charge is -2.22.